The minimum atomic E-state index is -3.74. The van der Waals surface area contributed by atoms with E-state index in [1.54, 1.807) is 13.0 Å². The Hall–Kier alpha value is -2.87. The van der Waals surface area contributed by atoms with E-state index >= 15 is 0 Å². The largest absolute Gasteiger partial charge is 0.352 e. The fourth-order valence-electron chi connectivity index (χ4n) is 3.64. The summed E-state index contributed by atoms with van der Waals surface area (Å²) in [4.78, 5) is 27.8. The number of rotatable bonds is 9. The topological polar surface area (TPSA) is 86.8 Å². The molecule has 0 fully saturated rings. The van der Waals surface area contributed by atoms with Gasteiger partial charge in [-0.1, -0.05) is 42.0 Å². The Morgan fingerprint density at radius 2 is 1.61 bits per heavy atom. The second-order valence-electron chi connectivity index (χ2n) is 8.85. The Balaban J connectivity index is 2.44. The maximum absolute atomic E-state index is 13.5. The molecule has 0 bridgehead atoms. The van der Waals surface area contributed by atoms with Crippen LogP contribution in [-0.4, -0.2) is 50.0 Å². The van der Waals surface area contributed by atoms with Crippen LogP contribution in [0.25, 0.3) is 0 Å². The molecule has 2 aromatic rings. The number of nitrogens with one attached hydrogen (secondary N) is 1. The van der Waals surface area contributed by atoms with Crippen LogP contribution in [0, 0.1) is 20.8 Å². The molecule has 2 aromatic carbocycles. The van der Waals surface area contributed by atoms with Gasteiger partial charge < -0.3 is 10.2 Å². The first kappa shape index (κ1) is 26.4. The molecule has 0 radical (unpaired) electrons. The third kappa shape index (κ3) is 7.05. The fourth-order valence-corrected chi connectivity index (χ4v) is 4.55. The van der Waals surface area contributed by atoms with Crippen LogP contribution in [0.1, 0.15) is 43.0 Å². The van der Waals surface area contributed by atoms with Crippen LogP contribution in [-0.2, 0) is 26.2 Å². The Morgan fingerprint density at radius 3 is 2.15 bits per heavy atom. The molecule has 2 amide bonds. The summed E-state index contributed by atoms with van der Waals surface area (Å²) in [6.45, 7) is 10.8. The molecule has 7 nitrogen and oxygen atoms in total. The molecule has 0 aromatic heterocycles. The number of anilines is 1. The zero-order valence-corrected chi connectivity index (χ0v) is 21.4. The monoisotopic (exact) mass is 473 g/mol. The molecular formula is C25H35N3O4S. The number of aryl methyl sites for hydroxylation is 3. The predicted molar refractivity (Wildman–Crippen MR) is 133 cm³/mol. The van der Waals surface area contributed by atoms with Crippen molar-refractivity contribution < 1.29 is 18.0 Å². The van der Waals surface area contributed by atoms with E-state index in [0.717, 1.165) is 32.8 Å². The molecule has 33 heavy (non-hydrogen) atoms. The van der Waals surface area contributed by atoms with Crippen molar-refractivity contribution >= 4 is 27.5 Å². The summed E-state index contributed by atoms with van der Waals surface area (Å²) in [5, 5.41) is 2.84. The Labute approximate surface area is 197 Å². The van der Waals surface area contributed by atoms with Crippen molar-refractivity contribution in [2.24, 2.45) is 0 Å². The lowest BCUT2D eigenvalue weighted by atomic mass is 10.1. The Bertz CT molecular complexity index is 1110. The maximum Gasteiger partial charge on any atom is 0.244 e. The van der Waals surface area contributed by atoms with E-state index in [4.69, 9.17) is 0 Å². The second kappa shape index (κ2) is 10.8. The van der Waals surface area contributed by atoms with Gasteiger partial charge in [0.1, 0.15) is 12.6 Å². The van der Waals surface area contributed by atoms with Crippen LogP contribution in [0.4, 0.5) is 5.69 Å². The third-order valence-corrected chi connectivity index (χ3v) is 6.63. The summed E-state index contributed by atoms with van der Waals surface area (Å²) in [6, 6.07) is 12.2. The number of carbonyl (C=O) groups excluding carboxylic acids is 2. The van der Waals surface area contributed by atoms with Gasteiger partial charge >= 0.3 is 0 Å². The molecule has 1 N–H and O–H groups in total. The smallest absolute Gasteiger partial charge is 0.244 e. The van der Waals surface area contributed by atoms with Crippen molar-refractivity contribution in [2.45, 2.75) is 60.2 Å². The van der Waals surface area contributed by atoms with Gasteiger partial charge in [0.15, 0.2) is 0 Å². The van der Waals surface area contributed by atoms with E-state index in [0.29, 0.717) is 5.69 Å². The summed E-state index contributed by atoms with van der Waals surface area (Å²) >= 11 is 0. The molecule has 0 spiro atoms. The Kier molecular flexibility index (Phi) is 8.66. The third-order valence-electron chi connectivity index (χ3n) is 5.50. The lowest BCUT2D eigenvalue weighted by Crippen LogP contribution is -2.52. The number of hydrogen-bond acceptors (Lipinski definition) is 4. The number of benzene rings is 2. The molecule has 180 valence electrons. The average molecular weight is 474 g/mol. The molecular weight excluding hydrogens is 438 g/mol. The molecule has 0 saturated carbocycles. The van der Waals surface area contributed by atoms with Crippen LogP contribution in [0.5, 0.6) is 0 Å². The van der Waals surface area contributed by atoms with Crippen LogP contribution < -0.4 is 9.62 Å². The van der Waals surface area contributed by atoms with Gasteiger partial charge in [-0.25, -0.2) is 8.42 Å². The zero-order valence-electron chi connectivity index (χ0n) is 20.5. The van der Waals surface area contributed by atoms with Gasteiger partial charge in [-0.15, -0.1) is 0 Å². The first-order valence-corrected chi connectivity index (χ1v) is 12.9. The number of nitrogens with zero attached hydrogens (tertiary/aromatic N) is 2. The van der Waals surface area contributed by atoms with E-state index in [9.17, 15) is 18.0 Å². The van der Waals surface area contributed by atoms with E-state index in [1.807, 2.05) is 71.0 Å². The fraction of sp³-hybridized carbons (Fsp3) is 0.440. The molecule has 0 aliphatic carbocycles. The lowest BCUT2D eigenvalue weighted by molar-refractivity contribution is -0.139. The summed E-state index contributed by atoms with van der Waals surface area (Å²) in [5.41, 5.74) is 4.08. The van der Waals surface area contributed by atoms with E-state index in [2.05, 4.69) is 5.32 Å². The highest BCUT2D eigenvalue weighted by Crippen LogP contribution is 2.24. The quantitative estimate of drug-likeness (QED) is 0.605. The van der Waals surface area contributed by atoms with Gasteiger partial charge in [-0.3, -0.25) is 13.9 Å². The molecule has 1 atom stereocenters. The normalized spacial score (nSPS) is 12.4. The molecule has 0 saturated heterocycles. The van der Waals surface area contributed by atoms with Gasteiger partial charge in [0, 0.05) is 12.6 Å². The molecule has 0 aliphatic rings. The average Bonchev–Trinajstić information content (AvgIpc) is 2.70. The van der Waals surface area contributed by atoms with E-state index in [1.165, 1.54) is 4.90 Å². The van der Waals surface area contributed by atoms with Gasteiger partial charge in [-0.05, 0) is 64.3 Å². The number of sulfonamides is 1. The molecule has 2 rings (SSSR count). The highest BCUT2D eigenvalue weighted by atomic mass is 32.2. The van der Waals surface area contributed by atoms with Gasteiger partial charge in [-0.2, -0.15) is 0 Å². The van der Waals surface area contributed by atoms with Crippen LogP contribution in [0.2, 0.25) is 0 Å². The number of amides is 2. The highest BCUT2D eigenvalue weighted by Gasteiger charge is 2.31. The van der Waals surface area contributed by atoms with Crippen molar-refractivity contribution in [3.8, 4) is 0 Å². The van der Waals surface area contributed by atoms with Gasteiger partial charge in [0.25, 0.3) is 0 Å². The molecule has 0 aliphatic heterocycles. The van der Waals surface area contributed by atoms with E-state index < -0.39 is 28.5 Å². The van der Waals surface area contributed by atoms with Gasteiger partial charge in [0.05, 0.1) is 11.9 Å². The molecule has 8 heteroatoms. The highest BCUT2D eigenvalue weighted by molar-refractivity contribution is 7.92. The van der Waals surface area contributed by atoms with Crippen molar-refractivity contribution in [3.63, 3.8) is 0 Å². The van der Waals surface area contributed by atoms with E-state index in [-0.39, 0.29) is 18.5 Å². The minimum absolute atomic E-state index is 0.0851. The first-order chi connectivity index (χ1) is 15.3. The molecule has 0 unspecified atom stereocenters. The summed E-state index contributed by atoms with van der Waals surface area (Å²) in [5.74, 6) is -0.737. The number of carbonyl (C=O) groups is 2. The van der Waals surface area contributed by atoms with Crippen molar-refractivity contribution in [1.82, 2.24) is 10.2 Å². The van der Waals surface area contributed by atoms with Crippen molar-refractivity contribution in [3.05, 3.63) is 64.7 Å². The summed E-state index contributed by atoms with van der Waals surface area (Å²) < 4.78 is 26.4. The van der Waals surface area contributed by atoms with Crippen molar-refractivity contribution in [1.29, 1.82) is 0 Å². The van der Waals surface area contributed by atoms with Crippen LogP contribution >= 0.6 is 0 Å². The standard InChI is InChI=1S/C25H35N3O4S/c1-17(2)26-25(30)21(6)27(15-22-11-9-8-10-19(22)4)24(29)16-28(33(7,31)32)23-13-12-18(3)14-20(23)5/h8-14,17,21H,15-16H2,1-7H3,(H,26,30)/t21-/m1/s1. The predicted octanol–water partition coefficient (Wildman–Crippen LogP) is 3.32. The van der Waals surface area contributed by atoms with Crippen LogP contribution in [0.3, 0.4) is 0 Å². The maximum atomic E-state index is 13.5. The minimum Gasteiger partial charge on any atom is -0.352 e. The Morgan fingerprint density at radius 1 is 0.970 bits per heavy atom. The summed E-state index contributed by atoms with van der Waals surface area (Å²) in [7, 11) is -3.74. The SMILES string of the molecule is Cc1ccc(N(CC(=O)N(Cc2ccccc2C)[C@H](C)C(=O)NC(C)C)S(C)(=O)=O)c(C)c1. The number of hydrogen-bond donors (Lipinski definition) is 1. The second-order valence-corrected chi connectivity index (χ2v) is 10.8. The zero-order chi connectivity index (χ0) is 24.9. The first-order valence-electron chi connectivity index (χ1n) is 11.0. The van der Waals surface area contributed by atoms with Crippen LogP contribution in [0.15, 0.2) is 42.5 Å². The molecule has 0 heterocycles. The summed E-state index contributed by atoms with van der Waals surface area (Å²) in [6.07, 6.45) is 1.08. The lowest BCUT2D eigenvalue weighted by Gasteiger charge is -2.32. The van der Waals surface area contributed by atoms with Gasteiger partial charge in [0.2, 0.25) is 21.8 Å². The van der Waals surface area contributed by atoms with Crippen molar-refractivity contribution in [2.75, 3.05) is 17.1 Å².